The topological polar surface area (TPSA) is 44.7 Å². The summed E-state index contributed by atoms with van der Waals surface area (Å²) in [6.45, 7) is 9.51. The van der Waals surface area contributed by atoms with Crippen molar-refractivity contribution in [2.45, 2.75) is 32.4 Å². The molecule has 0 bridgehead atoms. The molecule has 16 heavy (non-hydrogen) atoms. The van der Waals surface area contributed by atoms with Gasteiger partial charge in [0, 0.05) is 32.2 Å². The Morgan fingerprint density at radius 1 is 1.44 bits per heavy atom. The molecule has 2 N–H and O–H groups in total. The number of aliphatic hydroxyl groups is 1. The molecule has 0 aromatic rings. The zero-order chi connectivity index (χ0) is 11.6. The quantitative estimate of drug-likeness (QED) is 0.699. The number of nitrogens with one attached hydrogen (secondary N) is 1. The molecule has 0 spiro atoms. The molecule has 2 aliphatic rings. The fourth-order valence-electron chi connectivity index (χ4n) is 2.24. The number of rotatable bonds is 5. The van der Waals surface area contributed by atoms with E-state index in [2.05, 4.69) is 24.1 Å². The van der Waals surface area contributed by atoms with Gasteiger partial charge < -0.3 is 15.2 Å². The number of morpholine rings is 1. The van der Waals surface area contributed by atoms with Crippen LogP contribution in [0.4, 0.5) is 0 Å². The normalized spacial score (nSPS) is 31.3. The summed E-state index contributed by atoms with van der Waals surface area (Å²) in [7, 11) is 0. The second-order valence-electron chi connectivity index (χ2n) is 5.72. The van der Waals surface area contributed by atoms with E-state index in [-0.39, 0.29) is 6.10 Å². The van der Waals surface area contributed by atoms with E-state index in [9.17, 15) is 5.11 Å². The Morgan fingerprint density at radius 2 is 2.06 bits per heavy atom. The highest BCUT2D eigenvalue weighted by Gasteiger charge is 2.45. The molecule has 2 fully saturated rings. The second kappa shape index (κ2) is 5.00. The minimum absolute atomic E-state index is 0.255. The van der Waals surface area contributed by atoms with Crippen LogP contribution in [-0.2, 0) is 4.74 Å². The van der Waals surface area contributed by atoms with Crippen LogP contribution in [0.5, 0.6) is 0 Å². The fourth-order valence-corrected chi connectivity index (χ4v) is 2.24. The van der Waals surface area contributed by atoms with Crippen molar-refractivity contribution in [3.63, 3.8) is 0 Å². The van der Waals surface area contributed by atoms with Crippen LogP contribution in [0.2, 0.25) is 0 Å². The van der Waals surface area contributed by atoms with Gasteiger partial charge in [0.25, 0.3) is 0 Å². The smallest absolute Gasteiger partial charge is 0.0791 e. The lowest BCUT2D eigenvalue weighted by molar-refractivity contribution is 0.0148. The third kappa shape index (κ3) is 3.42. The van der Waals surface area contributed by atoms with E-state index < -0.39 is 0 Å². The molecular formula is C12H24N2O2. The first-order valence-electron chi connectivity index (χ1n) is 6.29. The van der Waals surface area contributed by atoms with E-state index in [1.807, 2.05) is 0 Å². The van der Waals surface area contributed by atoms with Crippen molar-refractivity contribution < 1.29 is 9.84 Å². The van der Waals surface area contributed by atoms with Gasteiger partial charge in [-0.05, 0) is 11.8 Å². The van der Waals surface area contributed by atoms with Crippen LogP contribution < -0.4 is 5.32 Å². The van der Waals surface area contributed by atoms with Crippen LogP contribution in [0.1, 0.15) is 20.3 Å². The highest BCUT2D eigenvalue weighted by Crippen LogP contribution is 2.44. The van der Waals surface area contributed by atoms with E-state index in [4.69, 9.17) is 4.74 Å². The van der Waals surface area contributed by atoms with E-state index >= 15 is 0 Å². The van der Waals surface area contributed by atoms with Gasteiger partial charge in [-0.25, -0.2) is 0 Å². The largest absolute Gasteiger partial charge is 0.390 e. The Morgan fingerprint density at radius 3 is 2.62 bits per heavy atom. The number of hydrogen-bond acceptors (Lipinski definition) is 4. The van der Waals surface area contributed by atoms with Crippen LogP contribution in [0, 0.1) is 5.41 Å². The maximum Gasteiger partial charge on any atom is 0.0791 e. The summed E-state index contributed by atoms with van der Waals surface area (Å²) in [5, 5.41) is 13.3. The zero-order valence-corrected chi connectivity index (χ0v) is 10.4. The SMILES string of the molecule is CC1(C)CC1NCC(O)CN1CCOCC1. The Balaban J connectivity index is 1.59. The van der Waals surface area contributed by atoms with E-state index in [1.165, 1.54) is 6.42 Å². The first-order valence-corrected chi connectivity index (χ1v) is 6.29. The van der Waals surface area contributed by atoms with E-state index in [0.29, 0.717) is 18.0 Å². The van der Waals surface area contributed by atoms with Gasteiger partial charge in [0.2, 0.25) is 0 Å². The summed E-state index contributed by atoms with van der Waals surface area (Å²) in [5.74, 6) is 0. The first-order chi connectivity index (χ1) is 7.58. The molecule has 1 saturated carbocycles. The van der Waals surface area contributed by atoms with Gasteiger partial charge in [-0.1, -0.05) is 13.8 Å². The van der Waals surface area contributed by atoms with Crippen molar-refractivity contribution in [1.82, 2.24) is 10.2 Å². The number of aliphatic hydroxyl groups excluding tert-OH is 1. The molecule has 4 nitrogen and oxygen atoms in total. The molecular weight excluding hydrogens is 204 g/mol. The summed E-state index contributed by atoms with van der Waals surface area (Å²) in [6.07, 6.45) is 0.978. The highest BCUT2D eigenvalue weighted by atomic mass is 16.5. The minimum Gasteiger partial charge on any atom is -0.390 e. The zero-order valence-electron chi connectivity index (χ0n) is 10.4. The van der Waals surface area contributed by atoms with Gasteiger partial charge in [0.15, 0.2) is 0 Å². The lowest BCUT2D eigenvalue weighted by Gasteiger charge is -2.28. The third-order valence-electron chi connectivity index (χ3n) is 3.69. The van der Waals surface area contributed by atoms with Gasteiger partial charge in [0.1, 0.15) is 0 Å². The molecule has 4 heteroatoms. The van der Waals surface area contributed by atoms with Gasteiger partial charge in [-0.3, -0.25) is 4.90 Å². The maximum absolute atomic E-state index is 9.90. The lowest BCUT2D eigenvalue weighted by Crippen LogP contribution is -2.44. The van der Waals surface area contributed by atoms with Crippen molar-refractivity contribution in [2.75, 3.05) is 39.4 Å². The average Bonchev–Trinajstić information content (AvgIpc) is 2.85. The Labute approximate surface area is 98.0 Å². The maximum atomic E-state index is 9.90. The number of nitrogens with zero attached hydrogens (tertiary/aromatic N) is 1. The fraction of sp³-hybridized carbons (Fsp3) is 1.00. The summed E-state index contributed by atoms with van der Waals surface area (Å²) in [5.41, 5.74) is 0.443. The molecule has 1 aliphatic carbocycles. The third-order valence-corrected chi connectivity index (χ3v) is 3.69. The Kier molecular flexibility index (Phi) is 3.85. The molecule has 2 rings (SSSR count). The summed E-state index contributed by atoms with van der Waals surface area (Å²) in [6, 6.07) is 0.604. The van der Waals surface area contributed by atoms with Crippen molar-refractivity contribution in [3.8, 4) is 0 Å². The van der Waals surface area contributed by atoms with Gasteiger partial charge >= 0.3 is 0 Å². The van der Waals surface area contributed by atoms with E-state index in [1.54, 1.807) is 0 Å². The van der Waals surface area contributed by atoms with Crippen LogP contribution in [0.25, 0.3) is 0 Å². The van der Waals surface area contributed by atoms with Gasteiger partial charge in [-0.2, -0.15) is 0 Å². The summed E-state index contributed by atoms with van der Waals surface area (Å²) >= 11 is 0. The highest BCUT2D eigenvalue weighted by molar-refractivity contribution is 5.01. The van der Waals surface area contributed by atoms with Gasteiger partial charge in [-0.15, -0.1) is 0 Å². The minimum atomic E-state index is -0.255. The number of hydrogen-bond donors (Lipinski definition) is 2. The summed E-state index contributed by atoms with van der Waals surface area (Å²) in [4.78, 5) is 2.27. The molecule has 2 atom stereocenters. The molecule has 0 aromatic heterocycles. The number of β-amino-alcohol motifs (C(OH)–C–C–N with tert-alkyl or cyclic N) is 1. The van der Waals surface area contributed by atoms with Gasteiger partial charge in [0.05, 0.1) is 19.3 Å². The van der Waals surface area contributed by atoms with Crippen LogP contribution >= 0.6 is 0 Å². The average molecular weight is 228 g/mol. The molecule has 1 heterocycles. The monoisotopic (exact) mass is 228 g/mol. The molecule has 0 amide bonds. The lowest BCUT2D eigenvalue weighted by atomic mass is 10.2. The Hall–Kier alpha value is -0.160. The molecule has 0 radical (unpaired) electrons. The van der Waals surface area contributed by atoms with E-state index in [0.717, 1.165) is 32.8 Å². The number of ether oxygens (including phenoxy) is 1. The summed E-state index contributed by atoms with van der Waals surface area (Å²) < 4.78 is 5.28. The van der Waals surface area contributed by atoms with Crippen LogP contribution in [-0.4, -0.2) is 61.5 Å². The molecule has 94 valence electrons. The van der Waals surface area contributed by atoms with Crippen LogP contribution in [0.15, 0.2) is 0 Å². The molecule has 0 aromatic carbocycles. The van der Waals surface area contributed by atoms with Crippen molar-refractivity contribution >= 4 is 0 Å². The Bertz CT molecular complexity index is 227. The predicted molar refractivity (Wildman–Crippen MR) is 63.5 cm³/mol. The molecule has 1 saturated heterocycles. The second-order valence-corrected chi connectivity index (χ2v) is 5.72. The molecule has 1 aliphatic heterocycles. The standard InChI is InChI=1S/C12H24N2O2/c1-12(2)7-11(12)13-8-10(15)9-14-3-5-16-6-4-14/h10-11,13,15H,3-9H2,1-2H3. The van der Waals surface area contributed by atoms with Crippen molar-refractivity contribution in [1.29, 1.82) is 0 Å². The molecule has 2 unspecified atom stereocenters. The van der Waals surface area contributed by atoms with Crippen molar-refractivity contribution in [3.05, 3.63) is 0 Å². The first kappa shape index (κ1) is 12.3. The predicted octanol–water partition coefficient (Wildman–Crippen LogP) is 0.0676. The van der Waals surface area contributed by atoms with Crippen LogP contribution in [0.3, 0.4) is 0 Å². The van der Waals surface area contributed by atoms with Crippen molar-refractivity contribution in [2.24, 2.45) is 5.41 Å².